The van der Waals surface area contributed by atoms with Crippen LogP contribution in [0.2, 0.25) is 0 Å². The molecule has 2 N–H and O–H groups in total. The van der Waals surface area contributed by atoms with Crippen molar-refractivity contribution in [3.8, 4) is 5.75 Å². The van der Waals surface area contributed by atoms with E-state index in [2.05, 4.69) is 5.32 Å². The summed E-state index contributed by atoms with van der Waals surface area (Å²) in [5, 5.41) is 12.1. The number of carbonyl (C=O) groups excluding carboxylic acids is 1. The van der Waals surface area contributed by atoms with Gasteiger partial charge in [0.1, 0.15) is 5.75 Å². The molecule has 19 heavy (non-hydrogen) atoms. The van der Waals surface area contributed by atoms with E-state index >= 15 is 0 Å². The number of carbonyl (C=O) groups is 1. The van der Waals surface area contributed by atoms with E-state index in [9.17, 15) is 9.90 Å². The highest BCUT2D eigenvalue weighted by Gasteiger charge is 2.12. The average Bonchev–Trinajstić information content (AvgIpc) is 2.35. The number of aliphatic hydroxyl groups is 1. The van der Waals surface area contributed by atoms with Gasteiger partial charge in [-0.1, -0.05) is 12.1 Å². The summed E-state index contributed by atoms with van der Waals surface area (Å²) in [6, 6.07) is 7.48. The molecule has 0 spiro atoms. The van der Waals surface area contributed by atoms with Crippen molar-refractivity contribution in [3.05, 3.63) is 35.9 Å². The summed E-state index contributed by atoms with van der Waals surface area (Å²) in [4.78, 5) is 11.5. The smallest absolute Gasteiger partial charge is 0.244 e. The van der Waals surface area contributed by atoms with Crippen LogP contribution in [0.4, 0.5) is 0 Å². The third-order valence-corrected chi connectivity index (χ3v) is 2.31. The summed E-state index contributed by atoms with van der Waals surface area (Å²) in [7, 11) is 0. The fraction of sp³-hybridized carbons (Fsp3) is 0.400. The van der Waals surface area contributed by atoms with Crippen LogP contribution in [0.1, 0.15) is 26.3 Å². The monoisotopic (exact) mass is 263 g/mol. The molecule has 1 aromatic carbocycles. The molecule has 1 rings (SSSR count). The van der Waals surface area contributed by atoms with Gasteiger partial charge in [0.05, 0.1) is 12.2 Å². The second-order valence-corrected chi connectivity index (χ2v) is 4.87. The molecule has 0 aliphatic carbocycles. The number of amides is 1. The molecule has 0 aliphatic heterocycles. The first kappa shape index (κ1) is 15.2. The zero-order chi connectivity index (χ0) is 14.3. The fourth-order valence-corrected chi connectivity index (χ4v) is 1.38. The summed E-state index contributed by atoms with van der Waals surface area (Å²) < 4.78 is 5.33. The maximum absolute atomic E-state index is 11.5. The summed E-state index contributed by atoms with van der Waals surface area (Å²) in [5.74, 6) is 0.585. The van der Waals surface area contributed by atoms with Gasteiger partial charge in [-0.15, -0.1) is 0 Å². The first-order valence-corrected chi connectivity index (χ1v) is 6.32. The minimum Gasteiger partial charge on any atom is -0.494 e. The molecule has 1 aromatic rings. The van der Waals surface area contributed by atoms with E-state index in [4.69, 9.17) is 4.74 Å². The molecule has 0 bridgehead atoms. The molecular weight excluding hydrogens is 242 g/mol. The number of nitrogens with one attached hydrogen (secondary N) is 1. The Bertz CT molecular complexity index is 430. The number of ether oxygens (including phenoxy) is 1. The fourth-order valence-electron chi connectivity index (χ4n) is 1.38. The van der Waals surface area contributed by atoms with Crippen molar-refractivity contribution in [1.82, 2.24) is 5.32 Å². The Hall–Kier alpha value is -1.81. The van der Waals surface area contributed by atoms with Crippen LogP contribution in [0, 0.1) is 0 Å². The van der Waals surface area contributed by atoms with Crippen molar-refractivity contribution in [2.24, 2.45) is 0 Å². The van der Waals surface area contributed by atoms with Crippen LogP contribution in [0.15, 0.2) is 30.3 Å². The molecule has 0 atom stereocenters. The van der Waals surface area contributed by atoms with Crippen molar-refractivity contribution in [1.29, 1.82) is 0 Å². The standard InChI is InChI=1S/C15H21NO3/c1-4-19-13-8-5-12(6-9-13)7-10-14(17)16-11-15(2,3)18/h5-10,18H,4,11H2,1-3H3,(H,16,17). The molecule has 0 unspecified atom stereocenters. The molecule has 0 fully saturated rings. The van der Waals surface area contributed by atoms with Crippen LogP contribution in [-0.2, 0) is 4.79 Å². The second kappa shape index (κ2) is 6.95. The zero-order valence-electron chi connectivity index (χ0n) is 11.6. The van der Waals surface area contributed by atoms with Crippen LogP contribution in [0.25, 0.3) is 6.08 Å². The highest BCUT2D eigenvalue weighted by molar-refractivity contribution is 5.91. The molecule has 0 aromatic heterocycles. The molecule has 0 radical (unpaired) electrons. The van der Waals surface area contributed by atoms with Crippen LogP contribution in [0.3, 0.4) is 0 Å². The average molecular weight is 263 g/mol. The van der Waals surface area contributed by atoms with Crippen LogP contribution >= 0.6 is 0 Å². The van der Waals surface area contributed by atoms with Gasteiger partial charge in [0.2, 0.25) is 5.91 Å². The van der Waals surface area contributed by atoms with Crippen molar-refractivity contribution >= 4 is 12.0 Å². The van der Waals surface area contributed by atoms with E-state index in [0.29, 0.717) is 6.61 Å². The van der Waals surface area contributed by atoms with Gasteiger partial charge in [0.15, 0.2) is 0 Å². The lowest BCUT2D eigenvalue weighted by atomic mass is 10.1. The largest absolute Gasteiger partial charge is 0.494 e. The van der Waals surface area contributed by atoms with E-state index in [1.165, 1.54) is 6.08 Å². The first-order chi connectivity index (χ1) is 8.90. The van der Waals surface area contributed by atoms with Crippen molar-refractivity contribution in [3.63, 3.8) is 0 Å². The number of hydrogen-bond donors (Lipinski definition) is 2. The number of benzene rings is 1. The Morgan fingerprint density at radius 1 is 1.37 bits per heavy atom. The maximum atomic E-state index is 11.5. The van der Waals surface area contributed by atoms with Gasteiger partial charge in [-0.2, -0.15) is 0 Å². The van der Waals surface area contributed by atoms with E-state index < -0.39 is 5.60 Å². The molecular formula is C15H21NO3. The predicted molar refractivity (Wildman–Crippen MR) is 76.0 cm³/mol. The van der Waals surface area contributed by atoms with Crippen molar-refractivity contribution in [2.75, 3.05) is 13.2 Å². The summed E-state index contributed by atoms with van der Waals surface area (Å²) in [5.41, 5.74) is 0.0182. The molecule has 4 nitrogen and oxygen atoms in total. The molecule has 0 heterocycles. The second-order valence-electron chi connectivity index (χ2n) is 4.87. The Labute approximate surface area is 114 Å². The lowest BCUT2D eigenvalue weighted by Crippen LogP contribution is -2.37. The van der Waals surface area contributed by atoms with Crippen LogP contribution in [-0.4, -0.2) is 29.8 Å². The molecule has 0 saturated carbocycles. The van der Waals surface area contributed by atoms with Crippen molar-refractivity contribution < 1.29 is 14.6 Å². The first-order valence-electron chi connectivity index (χ1n) is 6.32. The summed E-state index contributed by atoms with van der Waals surface area (Å²) in [6.45, 7) is 6.07. The Balaban J connectivity index is 2.49. The molecule has 4 heteroatoms. The lowest BCUT2D eigenvalue weighted by molar-refractivity contribution is -0.117. The third-order valence-electron chi connectivity index (χ3n) is 2.31. The molecule has 0 saturated heterocycles. The molecule has 104 valence electrons. The highest BCUT2D eigenvalue weighted by Crippen LogP contribution is 2.12. The van der Waals surface area contributed by atoms with E-state index in [0.717, 1.165) is 11.3 Å². The van der Waals surface area contributed by atoms with Crippen LogP contribution in [0.5, 0.6) is 5.75 Å². The SMILES string of the molecule is CCOc1ccc(C=CC(=O)NCC(C)(C)O)cc1. The number of rotatable bonds is 6. The minimum absolute atomic E-state index is 0.222. The normalized spacial score (nSPS) is 11.6. The van der Waals surface area contributed by atoms with Gasteiger partial charge in [0, 0.05) is 12.6 Å². The van der Waals surface area contributed by atoms with Crippen LogP contribution < -0.4 is 10.1 Å². The Morgan fingerprint density at radius 3 is 2.53 bits per heavy atom. The molecule has 1 amide bonds. The van der Waals surface area contributed by atoms with Gasteiger partial charge in [0.25, 0.3) is 0 Å². The molecule has 0 aliphatic rings. The summed E-state index contributed by atoms with van der Waals surface area (Å²) >= 11 is 0. The predicted octanol–water partition coefficient (Wildman–Crippen LogP) is 1.99. The van der Waals surface area contributed by atoms with Gasteiger partial charge >= 0.3 is 0 Å². The van der Waals surface area contributed by atoms with Gasteiger partial charge in [-0.25, -0.2) is 0 Å². The maximum Gasteiger partial charge on any atom is 0.244 e. The highest BCUT2D eigenvalue weighted by atomic mass is 16.5. The zero-order valence-corrected chi connectivity index (χ0v) is 11.6. The van der Waals surface area contributed by atoms with Gasteiger partial charge in [-0.3, -0.25) is 4.79 Å². The Kier molecular flexibility index (Phi) is 5.57. The topological polar surface area (TPSA) is 58.6 Å². The quantitative estimate of drug-likeness (QED) is 0.772. The van der Waals surface area contributed by atoms with E-state index in [1.54, 1.807) is 19.9 Å². The Morgan fingerprint density at radius 2 is 2.00 bits per heavy atom. The third kappa shape index (κ3) is 6.62. The van der Waals surface area contributed by atoms with E-state index in [1.807, 2.05) is 31.2 Å². The van der Waals surface area contributed by atoms with Gasteiger partial charge in [-0.05, 0) is 44.5 Å². The van der Waals surface area contributed by atoms with Gasteiger partial charge < -0.3 is 15.2 Å². The lowest BCUT2D eigenvalue weighted by Gasteiger charge is -2.16. The van der Waals surface area contributed by atoms with E-state index in [-0.39, 0.29) is 12.5 Å². The summed E-state index contributed by atoms with van der Waals surface area (Å²) in [6.07, 6.45) is 3.16. The number of hydrogen-bond acceptors (Lipinski definition) is 3. The van der Waals surface area contributed by atoms with Crippen molar-refractivity contribution in [2.45, 2.75) is 26.4 Å². The minimum atomic E-state index is -0.900.